The zero-order chi connectivity index (χ0) is 21.7. The average Bonchev–Trinajstić information content (AvgIpc) is 3.13. The minimum atomic E-state index is -3.38. The summed E-state index contributed by atoms with van der Waals surface area (Å²) in [5, 5.41) is 6.47. The molecule has 0 spiro atoms. The second-order valence-corrected chi connectivity index (χ2v) is 8.88. The highest BCUT2D eigenvalue weighted by atomic mass is 32.2. The number of rotatable bonds is 6. The Morgan fingerprint density at radius 2 is 2.00 bits per heavy atom. The second-order valence-electron chi connectivity index (χ2n) is 7.13. The van der Waals surface area contributed by atoms with E-state index < -0.39 is 21.7 Å². The summed E-state index contributed by atoms with van der Waals surface area (Å²) in [7, 11) is -1.74. The van der Waals surface area contributed by atoms with E-state index in [1.165, 1.54) is 12.1 Å². The van der Waals surface area contributed by atoms with E-state index in [1.807, 2.05) is 17.0 Å². The first-order chi connectivity index (χ1) is 14.2. The van der Waals surface area contributed by atoms with Crippen molar-refractivity contribution in [2.24, 2.45) is 4.99 Å². The molecule has 1 aliphatic heterocycles. The third-order valence-electron chi connectivity index (χ3n) is 4.76. The molecule has 3 N–H and O–H groups in total. The molecule has 0 saturated carbocycles. The lowest BCUT2D eigenvalue weighted by Gasteiger charge is -2.21. The van der Waals surface area contributed by atoms with Gasteiger partial charge in [0.15, 0.2) is 5.96 Å². The van der Waals surface area contributed by atoms with Crippen molar-refractivity contribution in [2.75, 3.05) is 36.0 Å². The zero-order valence-corrected chi connectivity index (χ0v) is 17.6. The average molecular weight is 438 g/mol. The summed E-state index contributed by atoms with van der Waals surface area (Å²) in [5.74, 6) is -0.621. The summed E-state index contributed by atoms with van der Waals surface area (Å²) < 4.78 is 52.8. The van der Waals surface area contributed by atoms with Crippen molar-refractivity contribution in [2.45, 2.75) is 19.0 Å². The Labute approximate surface area is 175 Å². The molecule has 2 aromatic rings. The van der Waals surface area contributed by atoms with Crippen LogP contribution in [0.1, 0.15) is 12.0 Å². The molecule has 1 unspecified atom stereocenters. The van der Waals surface area contributed by atoms with Crippen LogP contribution in [-0.4, -0.2) is 46.8 Å². The number of guanidine groups is 1. The summed E-state index contributed by atoms with van der Waals surface area (Å²) in [4.78, 5) is 6.08. The van der Waals surface area contributed by atoms with E-state index in [9.17, 15) is 17.2 Å². The van der Waals surface area contributed by atoms with Gasteiger partial charge in [0.25, 0.3) is 0 Å². The van der Waals surface area contributed by atoms with E-state index in [1.54, 1.807) is 19.2 Å². The zero-order valence-electron chi connectivity index (χ0n) is 16.8. The van der Waals surface area contributed by atoms with E-state index >= 15 is 0 Å². The third-order valence-corrected chi connectivity index (χ3v) is 5.35. The van der Waals surface area contributed by atoms with Crippen LogP contribution in [-0.2, 0) is 16.6 Å². The molecule has 0 radical (unpaired) electrons. The molecule has 1 aliphatic rings. The van der Waals surface area contributed by atoms with Crippen molar-refractivity contribution in [3.05, 3.63) is 59.7 Å². The summed E-state index contributed by atoms with van der Waals surface area (Å²) in [5.41, 5.74) is 1.65. The maximum Gasteiger partial charge on any atom is 0.229 e. The highest BCUT2D eigenvalue weighted by molar-refractivity contribution is 7.92. The number of nitrogens with one attached hydrogen (secondary N) is 3. The van der Waals surface area contributed by atoms with Gasteiger partial charge in [-0.2, -0.15) is 0 Å². The predicted molar refractivity (Wildman–Crippen MR) is 115 cm³/mol. The number of para-hydroxylation sites is 1. The van der Waals surface area contributed by atoms with Crippen molar-refractivity contribution in [3.63, 3.8) is 0 Å². The van der Waals surface area contributed by atoms with Gasteiger partial charge < -0.3 is 15.5 Å². The lowest BCUT2D eigenvalue weighted by atomic mass is 10.2. The maximum atomic E-state index is 14.0. The molecule has 162 valence electrons. The number of benzene rings is 2. The number of hydrogen-bond donors (Lipinski definition) is 3. The van der Waals surface area contributed by atoms with Crippen LogP contribution in [0.3, 0.4) is 0 Å². The fourth-order valence-electron chi connectivity index (χ4n) is 3.38. The molecular formula is C20H25F2N5O2S. The number of halogens is 2. The van der Waals surface area contributed by atoms with Crippen LogP contribution in [0.5, 0.6) is 0 Å². The van der Waals surface area contributed by atoms with Crippen molar-refractivity contribution >= 4 is 27.4 Å². The molecule has 0 aliphatic carbocycles. The molecule has 0 aromatic heterocycles. The number of sulfonamides is 1. The van der Waals surface area contributed by atoms with Crippen molar-refractivity contribution < 1.29 is 17.2 Å². The van der Waals surface area contributed by atoms with E-state index in [0.29, 0.717) is 37.0 Å². The third kappa shape index (κ3) is 5.82. The van der Waals surface area contributed by atoms with Gasteiger partial charge in [-0.25, -0.2) is 17.2 Å². The van der Waals surface area contributed by atoms with Crippen molar-refractivity contribution in [1.82, 2.24) is 10.6 Å². The van der Waals surface area contributed by atoms with Crippen LogP contribution in [0.25, 0.3) is 0 Å². The summed E-state index contributed by atoms with van der Waals surface area (Å²) in [6, 6.07) is 10.7. The smallest absolute Gasteiger partial charge is 0.229 e. The van der Waals surface area contributed by atoms with Crippen LogP contribution in [0.4, 0.5) is 20.2 Å². The quantitative estimate of drug-likeness (QED) is 0.477. The van der Waals surface area contributed by atoms with Gasteiger partial charge in [0.2, 0.25) is 10.0 Å². The first-order valence-corrected chi connectivity index (χ1v) is 11.4. The number of anilines is 2. The normalized spacial score (nSPS) is 17.1. The van der Waals surface area contributed by atoms with Crippen LogP contribution in [0, 0.1) is 11.6 Å². The van der Waals surface area contributed by atoms with Gasteiger partial charge >= 0.3 is 0 Å². The van der Waals surface area contributed by atoms with Gasteiger partial charge in [0.05, 0.1) is 17.6 Å². The van der Waals surface area contributed by atoms with E-state index in [2.05, 4.69) is 20.3 Å². The van der Waals surface area contributed by atoms with Crippen LogP contribution >= 0.6 is 0 Å². The molecule has 3 rings (SSSR count). The van der Waals surface area contributed by atoms with Crippen LogP contribution < -0.4 is 20.3 Å². The molecule has 1 fully saturated rings. The largest absolute Gasteiger partial charge is 0.367 e. The van der Waals surface area contributed by atoms with E-state index in [0.717, 1.165) is 24.3 Å². The van der Waals surface area contributed by atoms with Gasteiger partial charge in [-0.15, -0.1) is 0 Å². The molecule has 30 heavy (non-hydrogen) atoms. The van der Waals surface area contributed by atoms with Gasteiger partial charge in [-0.1, -0.05) is 18.2 Å². The van der Waals surface area contributed by atoms with Gasteiger partial charge in [0, 0.05) is 38.8 Å². The summed E-state index contributed by atoms with van der Waals surface area (Å²) >= 11 is 0. The molecule has 1 heterocycles. The molecule has 1 saturated heterocycles. The lowest BCUT2D eigenvalue weighted by molar-refractivity contribution is 0.580. The first kappa shape index (κ1) is 21.8. The predicted octanol–water partition coefficient (Wildman–Crippen LogP) is 2.28. The van der Waals surface area contributed by atoms with Gasteiger partial charge in [-0.3, -0.25) is 9.71 Å². The second kappa shape index (κ2) is 9.29. The molecule has 7 nitrogen and oxygen atoms in total. The number of aliphatic imine (C=N–C) groups is 1. The standard InChI is InChI=1S/C20H25F2N5O2S/c1-23-20(24-12-14-5-3-4-6-18(14)26-30(2,28)29)25-16-9-10-27(13-16)19-8-7-15(21)11-17(19)22/h3-8,11,16,26H,9-10,12-13H2,1-2H3,(H2,23,24,25). The van der Waals surface area contributed by atoms with Crippen molar-refractivity contribution in [3.8, 4) is 0 Å². The van der Waals surface area contributed by atoms with Crippen molar-refractivity contribution in [1.29, 1.82) is 0 Å². The molecule has 0 amide bonds. The number of hydrogen-bond acceptors (Lipinski definition) is 4. The summed E-state index contributed by atoms with van der Waals surface area (Å²) in [6.45, 7) is 1.55. The Bertz CT molecular complexity index is 1030. The minimum absolute atomic E-state index is 0.0324. The Kier molecular flexibility index (Phi) is 6.76. The Balaban J connectivity index is 1.58. The number of nitrogens with zero attached hydrogens (tertiary/aromatic N) is 2. The van der Waals surface area contributed by atoms with E-state index in [-0.39, 0.29) is 6.04 Å². The fourth-order valence-corrected chi connectivity index (χ4v) is 3.97. The molecule has 1 atom stereocenters. The molecule has 10 heteroatoms. The highest BCUT2D eigenvalue weighted by Gasteiger charge is 2.25. The van der Waals surface area contributed by atoms with Crippen LogP contribution in [0.2, 0.25) is 0 Å². The van der Waals surface area contributed by atoms with Gasteiger partial charge in [0.1, 0.15) is 11.6 Å². The SMILES string of the molecule is CN=C(NCc1ccccc1NS(C)(=O)=O)NC1CCN(c2ccc(F)cc2F)C1. The van der Waals surface area contributed by atoms with Gasteiger partial charge in [-0.05, 0) is 30.2 Å². The first-order valence-electron chi connectivity index (χ1n) is 9.48. The monoisotopic (exact) mass is 437 g/mol. The fraction of sp³-hybridized carbons (Fsp3) is 0.350. The molecular weight excluding hydrogens is 412 g/mol. The minimum Gasteiger partial charge on any atom is -0.367 e. The summed E-state index contributed by atoms with van der Waals surface area (Å²) in [6.07, 6.45) is 1.87. The van der Waals surface area contributed by atoms with Crippen LogP contribution in [0.15, 0.2) is 47.5 Å². The Morgan fingerprint density at radius 1 is 1.23 bits per heavy atom. The molecule has 2 aromatic carbocycles. The Hall–Kier alpha value is -2.88. The molecule has 0 bridgehead atoms. The Morgan fingerprint density at radius 3 is 2.70 bits per heavy atom. The topological polar surface area (TPSA) is 85.8 Å². The highest BCUT2D eigenvalue weighted by Crippen LogP contribution is 2.24. The van der Waals surface area contributed by atoms with E-state index in [4.69, 9.17) is 0 Å². The maximum absolute atomic E-state index is 14.0. The lowest BCUT2D eigenvalue weighted by Crippen LogP contribution is -2.44.